The minimum atomic E-state index is -3.77. The predicted molar refractivity (Wildman–Crippen MR) is 80.1 cm³/mol. The highest BCUT2D eigenvalue weighted by atomic mass is 32.2. The second-order valence-corrected chi connectivity index (χ2v) is 6.74. The molecule has 0 unspecified atom stereocenters. The van der Waals surface area contributed by atoms with Crippen LogP contribution in [0.15, 0.2) is 29.2 Å². The van der Waals surface area contributed by atoms with Gasteiger partial charge >= 0.3 is 0 Å². The number of anilines is 1. The predicted octanol–water partition coefficient (Wildman–Crippen LogP) is 2.06. The monoisotopic (exact) mass is 312 g/mol. The van der Waals surface area contributed by atoms with E-state index in [0.717, 1.165) is 19.4 Å². The summed E-state index contributed by atoms with van der Waals surface area (Å²) in [5.41, 5.74) is 0.482. The Labute approximate surface area is 122 Å². The minimum Gasteiger partial charge on any atom is -0.360 e. The standard InChI is InChI=1S/C12H16N4O2S2/c1-2-3-8-14-12-16-15-11(19-12)9-6-4-5-7-10(9)20(13,17)18/h4-7H,2-3,8H2,1H3,(H,14,16)(H2,13,17,18). The lowest BCUT2D eigenvalue weighted by Crippen LogP contribution is -2.13. The van der Waals surface area contributed by atoms with E-state index in [1.807, 2.05) is 0 Å². The van der Waals surface area contributed by atoms with Crippen molar-refractivity contribution in [3.8, 4) is 10.6 Å². The zero-order valence-electron chi connectivity index (χ0n) is 11.0. The molecule has 0 atom stereocenters. The quantitative estimate of drug-likeness (QED) is 0.796. The van der Waals surface area contributed by atoms with Crippen LogP contribution in [0, 0.1) is 0 Å². The molecule has 6 nitrogen and oxygen atoms in total. The number of aromatic nitrogens is 2. The zero-order chi connectivity index (χ0) is 14.6. The first-order chi connectivity index (χ1) is 9.52. The van der Waals surface area contributed by atoms with Crippen molar-refractivity contribution < 1.29 is 8.42 Å². The molecular formula is C12H16N4O2S2. The van der Waals surface area contributed by atoms with Gasteiger partial charge in [-0.2, -0.15) is 0 Å². The largest absolute Gasteiger partial charge is 0.360 e. The fourth-order valence-corrected chi connectivity index (χ4v) is 3.28. The maximum absolute atomic E-state index is 11.6. The van der Waals surface area contributed by atoms with Gasteiger partial charge in [-0.25, -0.2) is 13.6 Å². The van der Waals surface area contributed by atoms with Gasteiger partial charge in [0.15, 0.2) is 5.01 Å². The topological polar surface area (TPSA) is 98.0 Å². The smallest absolute Gasteiger partial charge is 0.238 e. The van der Waals surface area contributed by atoms with E-state index in [1.54, 1.807) is 18.2 Å². The van der Waals surface area contributed by atoms with Gasteiger partial charge in [-0.15, -0.1) is 10.2 Å². The third-order valence-corrected chi connectivity index (χ3v) is 4.54. The molecule has 1 heterocycles. The number of hydrogen-bond donors (Lipinski definition) is 2. The summed E-state index contributed by atoms with van der Waals surface area (Å²) in [6.45, 7) is 2.93. The molecule has 0 saturated heterocycles. The Hall–Kier alpha value is -1.51. The van der Waals surface area contributed by atoms with Crippen LogP contribution in [0.2, 0.25) is 0 Å². The van der Waals surface area contributed by atoms with Crippen LogP contribution in [-0.2, 0) is 10.0 Å². The molecule has 108 valence electrons. The lowest BCUT2D eigenvalue weighted by Gasteiger charge is -2.03. The highest BCUT2D eigenvalue weighted by Crippen LogP contribution is 2.30. The first kappa shape index (κ1) is 14.9. The van der Waals surface area contributed by atoms with Gasteiger partial charge < -0.3 is 5.32 Å². The Balaban J connectivity index is 2.29. The maximum atomic E-state index is 11.6. The molecule has 0 amide bonds. The second kappa shape index (κ2) is 6.29. The summed E-state index contributed by atoms with van der Waals surface area (Å²) in [7, 11) is -3.77. The van der Waals surface area contributed by atoms with E-state index in [9.17, 15) is 8.42 Å². The molecule has 0 aliphatic carbocycles. The van der Waals surface area contributed by atoms with Crippen LogP contribution in [0.5, 0.6) is 0 Å². The summed E-state index contributed by atoms with van der Waals surface area (Å²) in [5.74, 6) is 0. The van der Waals surface area contributed by atoms with Gasteiger partial charge in [0.05, 0.1) is 4.90 Å². The van der Waals surface area contributed by atoms with Gasteiger partial charge in [-0.3, -0.25) is 0 Å². The highest BCUT2D eigenvalue weighted by Gasteiger charge is 2.17. The fraction of sp³-hybridized carbons (Fsp3) is 0.333. The normalized spacial score (nSPS) is 11.5. The Bertz CT molecular complexity index is 682. The summed E-state index contributed by atoms with van der Waals surface area (Å²) in [6.07, 6.45) is 2.13. The molecule has 0 bridgehead atoms. The molecule has 0 aliphatic heterocycles. The average Bonchev–Trinajstić information content (AvgIpc) is 2.87. The van der Waals surface area contributed by atoms with E-state index in [4.69, 9.17) is 5.14 Å². The van der Waals surface area contributed by atoms with Crippen LogP contribution in [0.25, 0.3) is 10.6 Å². The molecule has 1 aromatic carbocycles. The molecule has 1 aromatic heterocycles. The fourth-order valence-electron chi connectivity index (χ4n) is 1.67. The van der Waals surface area contributed by atoms with Crippen molar-refractivity contribution >= 4 is 26.5 Å². The first-order valence-electron chi connectivity index (χ1n) is 6.22. The highest BCUT2D eigenvalue weighted by molar-refractivity contribution is 7.89. The maximum Gasteiger partial charge on any atom is 0.238 e. The first-order valence-corrected chi connectivity index (χ1v) is 8.58. The third-order valence-electron chi connectivity index (χ3n) is 2.66. The van der Waals surface area contributed by atoms with Gasteiger partial charge in [0.1, 0.15) is 0 Å². The van der Waals surface area contributed by atoms with Crippen molar-refractivity contribution in [1.82, 2.24) is 10.2 Å². The molecule has 2 rings (SSSR count). The van der Waals surface area contributed by atoms with E-state index >= 15 is 0 Å². The summed E-state index contributed by atoms with van der Waals surface area (Å²) >= 11 is 1.31. The molecule has 20 heavy (non-hydrogen) atoms. The van der Waals surface area contributed by atoms with Crippen molar-refractivity contribution in [2.24, 2.45) is 5.14 Å². The molecular weight excluding hydrogens is 296 g/mol. The van der Waals surface area contributed by atoms with Gasteiger partial charge in [0.2, 0.25) is 15.2 Å². The van der Waals surface area contributed by atoms with Crippen molar-refractivity contribution in [2.45, 2.75) is 24.7 Å². The van der Waals surface area contributed by atoms with E-state index in [-0.39, 0.29) is 4.90 Å². The number of primary sulfonamides is 1. The van der Waals surface area contributed by atoms with Gasteiger partial charge in [-0.1, -0.05) is 42.9 Å². The van der Waals surface area contributed by atoms with Crippen LogP contribution < -0.4 is 10.5 Å². The lowest BCUT2D eigenvalue weighted by molar-refractivity contribution is 0.598. The van der Waals surface area contributed by atoms with Gasteiger partial charge in [0.25, 0.3) is 0 Å². The molecule has 2 aromatic rings. The van der Waals surface area contributed by atoms with Crippen molar-refractivity contribution in [3.63, 3.8) is 0 Å². The summed E-state index contributed by atoms with van der Waals surface area (Å²) in [6, 6.07) is 6.52. The second-order valence-electron chi connectivity index (χ2n) is 4.23. The summed E-state index contributed by atoms with van der Waals surface area (Å²) in [4.78, 5) is 0.0660. The molecule has 8 heteroatoms. The van der Waals surface area contributed by atoms with E-state index in [1.165, 1.54) is 17.4 Å². The third kappa shape index (κ3) is 3.53. The molecule has 0 saturated carbocycles. The average molecular weight is 312 g/mol. The number of nitrogens with two attached hydrogens (primary N) is 1. The Morgan fingerprint density at radius 3 is 2.75 bits per heavy atom. The minimum absolute atomic E-state index is 0.0660. The number of nitrogens with zero attached hydrogens (tertiary/aromatic N) is 2. The van der Waals surface area contributed by atoms with Crippen LogP contribution >= 0.6 is 11.3 Å². The molecule has 0 aliphatic rings. The number of rotatable bonds is 6. The number of nitrogens with one attached hydrogen (secondary N) is 1. The zero-order valence-corrected chi connectivity index (χ0v) is 12.7. The molecule has 3 N–H and O–H groups in total. The van der Waals surface area contributed by atoms with E-state index < -0.39 is 10.0 Å². The van der Waals surface area contributed by atoms with Crippen molar-refractivity contribution in [2.75, 3.05) is 11.9 Å². The van der Waals surface area contributed by atoms with Crippen LogP contribution in [0.3, 0.4) is 0 Å². The van der Waals surface area contributed by atoms with Crippen LogP contribution in [-0.4, -0.2) is 25.2 Å². The SMILES string of the molecule is CCCCNc1nnc(-c2ccccc2S(N)(=O)=O)s1. The van der Waals surface area contributed by atoms with Crippen LogP contribution in [0.4, 0.5) is 5.13 Å². The Morgan fingerprint density at radius 1 is 1.30 bits per heavy atom. The van der Waals surface area contributed by atoms with Gasteiger partial charge in [0, 0.05) is 12.1 Å². The number of benzene rings is 1. The van der Waals surface area contributed by atoms with Crippen molar-refractivity contribution in [1.29, 1.82) is 0 Å². The summed E-state index contributed by atoms with van der Waals surface area (Å²) < 4.78 is 23.1. The molecule has 0 fully saturated rings. The number of unbranched alkanes of at least 4 members (excludes halogenated alkanes) is 1. The lowest BCUT2D eigenvalue weighted by atomic mass is 10.2. The Kier molecular flexibility index (Phi) is 4.69. The van der Waals surface area contributed by atoms with Gasteiger partial charge in [-0.05, 0) is 12.5 Å². The van der Waals surface area contributed by atoms with E-state index in [2.05, 4.69) is 22.4 Å². The van der Waals surface area contributed by atoms with Crippen LogP contribution in [0.1, 0.15) is 19.8 Å². The molecule has 0 radical (unpaired) electrons. The molecule has 0 spiro atoms. The number of sulfonamides is 1. The Morgan fingerprint density at radius 2 is 2.05 bits per heavy atom. The van der Waals surface area contributed by atoms with Crippen molar-refractivity contribution in [3.05, 3.63) is 24.3 Å². The summed E-state index contributed by atoms with van der Waals surface area (Å²) in [5, 5.41) is 17.6. The number of hydrogen-bond acceptors (Lipinski definition) is 6. The van der Waals surface area contributed by atoms with E-state index in [0.29, 0.717) is 15.7 Å².